The van der Waals surface area contributed by atoms with Crippen molar-refractivity contribution in [3.05, 3.63) is 82.3 Å². The molecule has 6 rings (SSSR count). The van der Waals surface area contributed by atoms with Gasteiger partial charge >= 0.3 is 6.03 Å². The van der Waals surface area contributed by atoms with Gasteiger partial charge in [0.2, 0.25) is 5.91 Å². The third-order valence-electron chi connectivity index (χ3n) is 8.84. The van der Waals surface area contributed by atoms with Gasteiger partial charge in [0.25, 0.3) is 11.5 Å². The number of nitrogens with zero attached hydrogens (tertiary/aromatic N) is 3. The first kappa shape index (κ1) is 28.5. The lowest BCUT2D eigenvalue weighted by Crippen LogP contribution is -2.68. The van der Waals surface area contributed by atoms with Gasteiger partial charge in [0, 0.05) is 56.3 Å². The number of carbonyl (C=O) groups excluding carboxylic acids is 3. The highest BCUT2D eigenvalue weighted by molar-refractivity contribution is 6.30. The summed E-state index contributed by atoms with van der Waals surface area (Å²) < 4.78 is 18.1. The van der Waals surface area contributed by atoms with Crippen LogP contribution in [0.15, 0.2) is 65.5 Å². The molecule has 3 atom stereocenters. The minimum Gasteiger partial charge on any atom is -0.497 e. The second kappa shape index (κ2) is 11.2. The number of aromatic nitrogens is 1. The number of amides is 4. The van der Waals surface area contributed by atoms with Crippen LogP contribution in [0.1, 0.15) is 23.6 Å². The minimum atomic E-state index is -1.66. The van der Waals surface area contributed by atoms with Crippen LogP contribution in [-0.4, -0.2) is 68.3 Å². The summed E-state index contributed by atoms with van der Waals surface area (Å²) in [6.45, 7) is 1.84. The minimum absolute atomic E-state index is 0.00729. The van der Waals surface area contributed by atoms with E-state index in [2.05, 4.69) is 10.2 Å². The molecule has 0 radical (unpaired) electrons. The maximum atomic E-state index is 14.6. The van der Waals surface area contributed by atoms with E-state index in [4.69, 9.17) is 14.2 Å². The topological polar surface area (TPSA) is 119 Å². The molecule has 1 aromatic heterocycles. The Morgan fingerprint density at radius 2 is 1.60 bits per heavy atom. The van der Waals surface area contributed by atoms with Crippen molar-refractivity contribution in [2.75, 3.05) is 45.9 Å². The SMILES string of the molecule is COc1ccc(N2C(=O)NC(=O)[C@@](Cc3ccc(OC)cc3OC)(CN3C[C@H]4C[C@H](C3)c3cccc(=O)n3C4)C2=O)cc1. The van der Waals surface area contributed by atoms with Gasteiger partial charge in [0.05, 0.1) is 27.0 Å². The second-order valence-corrected chi connectivity index (χ2v) is 11.4. The zero-order valence-corrected chi connectivity index (χ0v) is 24.4. The lowest BCUT2D eigenvalue weighted by atomic mass is 9.75. The molecular weight excluding hydrogens is 552 g/mol. The standard InChI is InChI=1S/C32H34N4O7/c1-41-24-11-8-23(9-12-24)36-30(39)32(29(38)33-31(36)40,15-21-7-10-25(42-2)14-27(21)43-3)19-34-16-20-13-22(18-34)26-5-4-6-28(37)35(26)17-20/h4-12,14,20,22H,13,15-19H2,1-3H3,(H,33,38,40)/t20-,22-,32-/m1/s1. The summed E-state index contributed by atoms with van der Waals surface area (Å²) in [6, 6.07) is 16.3. The summed E-state index contributed by atoms with van der Waals surface area (Å²) in [4.78, 5) is 57.5. The van der Waals surface area contributed by atoms with Crippen molar-refractivity contribution in [2.45, 2.75) is 25.3 Å². The first-order valence-corrected chi connectivity index (χ1v) is 14.2. The first-order chi connectivity index (χ1) is 20.8. The number of hydrogen-bond acceptors (Lipinski definition) is 8. The van der Waals surface area contributed by atoms with Gasteiger partial charge in [-0.05, 0) is 54.3 Å². The van der Waals surface area contributed by atoms with Gasteiger partial charge in [-0.25, -0.2) is 9.69 Å². The maximum absolute atomic E-state index is 14.6. The summed E-state index contributed by atoms with van der Waals surface area (Å²) in [7, 11) is 4.60. The summed E-state index contributed by atoms with van der Waals surface area (Å²) in [5.74, 6) is 0.597. The van der Waals surface area contributed by atoms with Crippen LogP contribution >= 0.6 is 0 Å². The van der Waals surface area contributed by atoms with Crippen LogP contribution in [0, 0.1) is 11.3 Å². The predicted octanol–water partition coefficient (Wildman–Crippen LogP) is 2.81. The molecule has 1 N–H and O–H groups in total. The van der Waals surface area contributed by atoms with E-state index in [0.29, 0.717) is 48.1 Å². The number of rotatable bonds is 8. The van der Waals surface area contributed by atoms with Crippen molar-refractivity contribution in [3.8, 4) is 17.2 Å². The summed E-state index contributed by atoms with van der Waals surface area (Å²) in [5.41, 5.74) is 0.251. The van der Waals surface area contributed by atoms with Crippen LogP contribution in [0.2, 0.25) is 0 Å². The van der Waals surface area contributed by atoms with Gasteiger partial charge in [-0.3, -0.25) is 19.7 Å². The van der Waals surface area contributed by atoms with Crippen LogP contribution in [0.25, 0.3) is 0 Å². The van der Waals surface area contributed by atoms with Gasteiger partial charge < -0.3 is 23.7 Å². The van der Waals surface area contributed by atoms with Gasteiger partial charge in [0.15, 0.2) is 0 Å². The Hall–Kier alpha value is -4.64. The lowest BCUT2D eigenvalue weighted by Gasteiger charge is -2.47. The third-order valence-corrected chi connectivity index (χ3v) is 8.84. The number of barbiturate groups is 1. The number of piperidine rings is 1. The van der Waals surface area contributed by atoms with Gasteiger partial charge in [0.1, 0.15) is 22.7 Å². The van der Waals surface area contributed by atoms with E-state index in [1.807, 2.05) is 10.6 Å². The van der Waals surface area contributed by atoms with Crippen LogP contribution < -0.4 is 30.0 Å². The number of hydrogen-bond donors (Lipinski definition) is 1. The van der Waals surface area contributed by atoms with E-state index >= 15 is 0 Å². The highest BCUT2D eigenvalue weighted by Crippen LogP contribution is 2.40. The third kappa shape index (κ3) is 5.03. The average Bonchev–Trinajstić information content (AvgIpc) is 3.01. The van der Waals surface area contributed by atoms with Crippen LogP contribution in [0.4, 0.5) is 10.5 Å². The fourth-order valence-electron chi connectivity index (χ4n) is 6.82. The van der Waals surface area contributed by atoms with Crippen molar-refractivity contribution in [1.82, 2.24) is 14.8 Å². The Morgan fingerprint density at radius 1 is 0.860 bits per heavy atom. The number of benzene rings is 2. The van der Waals surface area contributed by atoms with Crippen molar-refractivity contribution in [3.63, 3.8) is 0 Å². The highest BCUT2D eigenvalue weighted by Gasteiger charge is 2.56. The zero-order chi connectivity index (χ0) is 30.3. The molecule has 2 aromatic carbocycles. The van der Waals surface area contributed by atoms with E-state index in [1.165, 1.54) is 14.2 Å². The molecule has 11 nitrogen and oxygen atoms in total. The molecule has 3 aliphatic heterocycles. The van der Waals surface area contributed by atoms with Crippen LogP contribution in [0.5, 0.6) is 17.2 Å². The highest BCUT2D eigenvalue weighted by atomic mass is 16.5. The molecule has 4 amide bonds. The fourth-order valence-corrected chi connectivity index (χ4v) is 6.82. The fraction of sp³-hybridized carbons (Fsp3) is 0.375. The number of fused-ring (bicyclic) bond motifs is 4. The van der Waals surface area contributed by atoms with Gasteiger partial charge in [-0.2, -0.15) is 0 Å². The molecule has 3 aromatic rings. The molecule has 43 heavy (non-hydrogen) atoms. The number of carbonyl (C=O) groups is 3. The van der Waals surface area contributed by atoms with Crippen LogP contribution in [-0.2, 0) is 22.6 Å². The molecule has 2 bridgehead atoms. The number of urea groups is 1. The summed E-state index contributed by atoms with van der Waals surface area (Å²) in [6.07, 6.45) is 0.919. The maximum Gasteiger partial charge on any atom is 0.335 e. The molecule has 11 heteroatoms. The largest absolute Gasteiger partial charge is 0.497 e. The number of anilines is 1. The number of methoxy groups -OCH3 is 3. The smallest absolute Gasteiger partial charge is 0.335 e. The molecular formula is C32H34N4O7. The molecule has 0 saturated carbocycles. The molecule has 3 aliphatic rings. The summed E-state index contributed by atoms with van der Waals surface area (Å²) in [5, 5.41) is 2.48. The van der Waals surface area contributed by atoms with E-state index in [1.54, 1.807) is 61.7 Å². The van der Waals surface area contributed by atoms with E-state index in [0.717, 1.165) is 17.0 Å². The Bertz CT molecular complexity index is 1640. The quantitative estimate of drug-likeness (QED) is 0.401. The van der Waals surface area contributed by atoms with Gasteiger partial charge in [-0.1, -0.05) is 12.1 Å². The average molecular weight is 587 g/mol. The number of nitrogens with one attached hydrogen (secondary N) is 1. The Labute approximate surface area is 248 Å². The number of likely N-dealkylation sites (tertiary alicyclic amines) is 1. The molecule has 0 unspecified atom stereocenters. The summed E-state index contributed by atoms with van der Waals surface area (Å²) >= 11 is 0. The second-order valence-electron chi connectivity index (χ2n) is 11.4. The van der Waals surface area contributed by atoms with E-state index < -0.39 is 23.3 Å². The van der Waals surface area contributed by atoms with Gasteiger partial charge in [-0.15, -0.1) is 0 Å². The molecule has 0 spiro atoms. The Kier molecular flexibility index (Phi) is 7.43. The molecule has 4 heterocycles. The monoisotopic (exact) mass is 586 g/mol. The normalized spacial score (nSPS) is 23.4. The first-order valence-electron chi connectivity index (χ1n) is 14.2. The zero-order valence-electron chi connectivity index (χ0n) is 24.4. The van der Waals surface area contributed by atoms with E-state index in [9.17, 15) is 19.2 Å². The molecule has 0 aliphatic carbocycles. The predicted molar refractivity (Wildman–Crippen MR) is 158 cm³/mol. The van der Waals surface area contributed by atoms with E-state index in [-0.39, 0.29) is 30.4 Å². The Balaban J connectivity index is 1.40. The number of ether oxygens (including phenoxy) is 3. The lowest BCUT2D eigenvalue weighted by molar-refractivity contribution is -0.144. The molecule has 2 saturated heterocycles. The molecule has 224 valence electrons. The van der Waals surface area contributed by atoms with Crippen molar-refractivity contribution >= 4 is 23.5 Å². The number of imide groups is 2. The Morgan fingerprint density at radius 3 is 2.33 bits per heavy atom. The van der Waals surface area contributed by atoms with Crippen molar-refractivity contribution < 1.29 is 28.6 Å². The molecule has 2 fully saturated rings. The number of pyridine rings is 1. The van der Waals surface area contributed by atoms with Crippen LogP contribution in [0.3, 0.4) is 0 Å². The van der Waals surface area contributed by atoms with Crippen molar-refractivity contribution in [1.29, 1.82) is 0 Å². The van der Waals surface area contributed by atoms with Crippen molar-refractivity contribution in [2.24, 2.45) is 11.3 Å².